The van der Waals surface area contributed by atoms with E-state index in [1.807, 2.05) is 43.4 Å². The van der Waals surface area contributed by atoms with Gasteiger partial charge in [-0.25, -0.2) is 4.79 Å². The highest BCUT2D eigenvalue weighted by atomic mass is 35.5. The molecule has 110 valence electrons. The van der Waals surface area contributed by atoms with E-state index >= 15 is 0 Å². The molecule has 0 unspecified atom stereocenters. The number of amides is 3. The number of nitrogens with two attached hydrogens (primary N) is 1. The van der Waals surface area contributed by atoms with E-state index in [1.54, 1.807) is 0 Å². The average Bonchev–Trinajstić information content (AvgIpc) is 2.43. The zero-order valence-electron chi connectivity index (χ0n) is 11.8. The van der Waals surface area contributed by atoms with E-state index in [4.69, 9.17) is 11.6 Å². The number of hydrogen-bond donors (Lipinski definition) is 3. The molecule has 1 rings (SSSR count). The van der Waals surface area contributed by atoms with Gasteiger partial charge >= 0.3 is 6.03 Å². The van der Waals surface area contributed by atoms with Crippen LogP contribution < -0.4 is 16.0 Å². The van der Waals surface area contributed by atoms with Gasteiger partial charge in [-0.1, -0.05) is 36.7 Å². The quantitative estimate of drug-likeness (QED) is 0.738. The summed E-state index contributed by atoms with van der Waals surface area (Å²) in [5, 5.41) is 7.38. The Morgan fingerprint density at radius 2 is 2.05 bits per heavy atom. The van der Waals surface area contributed by atoms with E-state index in [9.17, 15) is 9.59 Å². The maximum atomic E-state index is 11.6. The standard InChI is InChI=1S/C14H20ClN3O2/c1-3-8-16-14(20)18-13(19)9-17-10(2)11-6-4-5-7-12(11)15/h4-7,10,17H,3,8-9H2,1-2H3,(H2,16,18,19,20)/p+1/t10-/m0/s1. The lowest BCUT2D eigenvalue weighted by molar-refractivity contribution is -0.682. The molecule has 0 aliphatic heterocycles. The third-order valence-corrected chi connectivity index (χ3v) is 3.19. The maximum Gasteiger partial charge on any atom is 0.321 e. The third-order valence-electron chi connectivity index (χ3n) is 2.84. The molecule has 0 aliphatic carbocycles. The van der Waals surface area contributed by atoms with E-state index < -0.39 is 6.03 Å². The van der Waals surface area contributed by atoms with E-state index in [0.29, 0.717) is 11.6 Å². The van der Waals surface area contributed by atoms with Crippen molar-refractivity contribution in [2.75, 3.05) is 13.1 Å². The molecule has 4 N–H and O–H groups in total. The molecule has 1 aromatic carbocycles. The number of hydrogen-bond acceptors (Lipinski definition) is 2. The van der Waals surface area contributed by atoms with Crippen LogP contribution >= 0.6 is 11.6 Å². The Morgan fingerprint density at radius 3 is 2.70 bits per heavy atom. The first kappa shape index (κ1) is 16.5. The van der Waals surface area contributed by atoms with Crippen molar-refractivity contribution in [2.24, 2.45) is 0 Å². The minimum Gasteiger partial charge on any atom is -0.338 e. The molecule has 0 aliphatic rings. The van der Waals surface area contributed by atoms with Crippen LogP contribution in [0.3, 0.4) is 0 Å². The number of nitrogens with one attached hydrogen (secondary N) is 2. The second kappa shape index (κ2) is 8.55. The van der Waals surface area contributed by atoms with Gasteiger partial charge in [0.2, 0.25) is 0 Å². The summed E-state index contributed by atoms with van der Waals surface area (Å²) in [5.41, 5.74) is 0.970. The van der Waals surface area contributed by atoms with Crippen LogP contribution in [0.5, 0.6) is 0 Å². The summed E-state index contributed by atoms with van der Waals surface area (Å²) in [6, 6.07) is 7.12. The van der Waals surface area contributed by atoms with Crippen LogP contribution in [-0.2, 0) is 4.79 Å². The van der Waals surface area contributed by atoms with Crippen LogP contribution in [-0.4, -0.2) is 25.0 Å². The minimum absolute atomic E-state index is 0.0492. The van der Waals surface area contributed by atoms with E-state index in [1.165, 1.54) is 0 Å². The van der Waals surface area contributed by atoms with Gasteiger partial charge in [-0.05, 0) is 19.4 Å². The lowest BCUT2D eigenvalue weighted by atomic mass is 10.1. The number of rotatable bonds is 6. The fraction of sp³-hybridized carbons (Fsp3) is 0.429. The van der Waals surface area contributed by atoms with Crippen molar-refractivity contribution in [1.82, 2.24) is 10.6 Å². The van der Waals surface area contributed by atoms with E-state index in [-0.39, 0.29) is 18.5 Å². The molecule has 5 nitrogen and oxygen atoms in total. The van der Waals surface area contributed by atoms with Crippen molar-refractivity contribution in [1.29, 1.82) is 0 Å². The van der Waals surface area contributed by atoms with Gasteiger partial charge in [0.15, 0.2) is 6.54 Å². The number of imide groups is 1. The molecule has 0 radical (unpaired) electrons. The molecule has 20 heavy (non-hydrogen) atoms. The number of carbonyl (C=O) groups excluding carboxylic acids is 2. The van der Waals surface area contributed by atoms with Gasteiger partial charge in [0, 0.05) is 17.1 Å². The normalized spacial score (nSPS) is 11.8. The number of benzene rings is 1. The van der Waals surface area contributed by atoms with E-state index in [2.05, 4.69) is 10.6 Å². The molecule has 0 heterocycles. The SMILES string of the molecule is CCCNC(=O)NC(=O)C[NH2+][C@@H](C)c1ccccc1Cl. The molecule has 1 atom stereocenters. The fourth-order valence-corrected chi connectivity index (χ4v) is 2.02. The fourth-order valence-electron chi connectivity index (χ4n) is 1.72. The second-order valence-electron chi connectivity index (χ2n) is 4.55. The molecule has 6 heteroatoms. The Kier molecular flexibility index (Phi) is 7.04. The molecule has 3 amide bonds. The summed E-state index contributed by atoms with van der Waals surface area (Å²) >= 11 is 6.09. The highest BCUT2D eigenvalue weighted by molar-refractivity contribution is 6.31. The molecule has 1 aromatic rings. The van der Waals surface area contributed by atoms with Gasteiger partial charge in [-0.3, -0.25) is 10.1 Å². The van der Waals surface area contributed by atoms with Gasteiger partial charge in [0.05, 0.1) is 0 Å². The summed E-state index contributed by atoms with van der Waals surface area (Å²) < 4.78 is 0. The predicted octanol–water partition coefficient (Wildman–Crippen LogP) is 1.20. The molecular formula is C14H21ClN3O2+. The first-order valence-electron chi connectivity index (χ1n) is 6.70. The Balaban J connectivity index is 2.37. The van der Waals surface area contributed by atoms with Gasteiger partial charge in [-0.15, -0.1) is 0 Å². The van der Waals surface area contributed by atoms with Gasteiger partial charge in [0.1, 0.15) is 6.04 Å². The molecular weight excluding hydrogens is 278 g/mol. The van der Waals surface area contributed by atoms with Crippen LogP contribution in [0.2, 0.25) is 5.02 Å². The molecule has 0 saturated heterocycles. The number of carbonyl (C=O) groups is 2. The van der Waals surface area contributed by atoms with Gasteiger partial charge in [0.25, 0.3) is 5.91 Å². The van der Waals surface area contributed by atoms with Crippen molar-refractivity contribution in [2.45, 2.75) is 26.3 Å². The summed E-state index contributed by atoms with van der Waals surface area (Å²) in [6.07, 6.45) is 0.831. The topological polar surface area (TPSA) is 74.8 Å². The molecule has 0 fully saturated rings. The lowest BCUT2D eigenvalue weighted by Crippen LogP contribution is -2.87. The summed E-state index contributed by atoms with van der Waals surface area (Å²) in [5.74, 6) is -0.322. The monoisotopic (exact) mass is 298 g/mol. The zero-order valence-corrected chi connectivity index (χ0v) is 12.5. The van der Waals surface area contributed by atoms with Crippen LogP contribution in [0.15, 0.2) is 24.3 Å². The maximum absolute atomic E-state index is 11.6. The summed E-state index contributed by atoms with van der Waals surface area (Å²) in [7, 11) is 0. The summed E-state index contributed by atoms with van der Waals surface area (Å²) in [4.78, 5) is 22.9. The van der Waals surface area contributed by atoms with Crippen LogP contribution in [0, 0.1) is 0 Å². The number of quaternary nitrogens is 1. The van der Waals surface area contributed by atoms with Crippen molar-refractivity contribution in [3.05, 3.63) is 34.9 Å². The van der Waals surface area contributed by atoms with Crippen LogP contribution in [0.25, 0.3) is 0 Å². The Labute approximate surface area is 124 Å². The van der Waals surface area contributed by atoms with E-state index in [0.717, 1.165) is 12.0 Å². The highest BCUT2D eigenvalue weighted by Crippen LogP contribution is 2.19. The largest absolute Gasteiger partial charge is 0.338 e. The van der Waals surface area contributed by atoms with Crippen molar-refractivity contribution in [3.8, 4) is 0 Å². The Bertz CT molecular complexity index is 465. The molecule has 0 aromatic heterocycles. The summed E-state index contributed by atoms with van der Waals surface area (Å²) in [6.45, 7) is 4.64. The second-order valence-corrected chi connectivity index (χ2v) is 4.96. The first-order valence-corrected chi connectivity index (χ1v) is 7.07. The van der Waals surface area contributed by atoms with Gasteiger partial charge < -0.3 is 10.6 Å². The van der Waals surface area contributed by atoms with Crippen molar-refractivity contribution >= 4 is 23.5 Å². The van der Waals surface area contributed by atoms with Gasteiger partial charge in [-0.2, -0.15) is 0 Å². The minimum atomic E-state index is -0.448. The lowest BCUT2D eigenvalue weighted by Gasteiger charge is -2.12. The van der Waals surface area contributed by atoms with Crippen molar-refractivity contribution in [3.63, 3.8) is 0 Å². The first-order chi connectivity index (χ1) is 9.54. The Morgan fingerprint density at radius 1 is 1.35 bits per heavy atom. The number of halogens is 1. The third kappa shape index (κ3) is 5.59. The average molecular weight is 299 g/mol. The molecule has 0 bridgehead atoms. The smallest absolute Gasteiger partial charge is 0.321 e. The van der Waals surface area contributed by atoms with Crippen molar-refractivity contribution < 1.29 is 14.9 Å². The Hall–Kier alpha value is -1.59. The predicted molar refractivity (Wildman–Crippen MR) is 78.5 cm³/mol. The zero-order chi connectivity index (χ0) is 15.0. The number of urea groups is 1. The van der Waals surface area contributed by atoms with Crippen LogP contribution in [0.4, 0.5) is 4.79 Å². The molecule has 0 saturated carbocycles. The molecule has 0 spiro atoms. The highest BCUT2D eigenvalue weighted by Gasteiger charge is 2.15. The van der Waals surface area contributed by atoms with Crippen LogP contribution in [0.1, 0.15) is 31.9 Å².